The number of likely N-dealkylation sites (N-methyl/N-ethyl adjacent to an activating group) is 1. The number of nitrogens with one attached hydrogen (secondary N) is 1. The molecule has 0 bridgehead atoms. The van der Waals surface area contributed by atoms with Crippen LogP contribution in [0, 0.1) is 0 Å². The van der Waals surface area contributed by atoms with E-state index in [9.17, 15) is 4.79 Å². The van der Waals surface area contributed by atoms with E-state index in [1.54, 1.807) is 6.20 Å². The van der Waals surface area contributed by atoms with Gasteiger partial charge < -0.3 is 14.8 Å². The normalized spacial score (nSPS) is 15.8. The summed E-state index contributed by atoms with van der Waals surface area (Å²) >= 11 is 0. The van der Waals surface area contributed by atoms with Crippen molar-refractivity contribution in [1.82, 2.24) is 19.9 Å². The third-order valence-corrected chi connectivity index (χ3v) is 4.47. The summed E-state index contributed by atoms with van der Waals surface area (Å²) in [5, 5.41) is 0.604. The van der Waals surface area contributed by atoms with Crippen LogP contribution >= 0.6 is 0 Å². The van der Waals surface area contributed by atoms with Crippen LogP contribution in [-0.4, -0.2) is 53.1 Å². The lowest BCUT2D eigenvalue weighted by Crippen LogP contribution is -2.44. The molecule has 1 saturated heterocycles. The number of piperazine rings is 1. The fourth-order valence-corrected chi connectivity index (χ4v) is 3.01. The Morgan fingerprint density at radius 1 is 1.08 bits per heavy atom. The fourth-order valence-electron chi connectivity index (χ4n) is 3.01. The lowest BCUT2D eigenvalue weighted by Gasteiger charge is -2.34. The van der Waals surface area contributed by atoms with Gasteiger partial charge in [0.1, 0.15) is 5.69 Å². The molecular formula is C18H19N5O. The van der Waals surface area contributed by atoms with E-state index in [4.69, 9.17) is 0 Å². The summed E-state index contributed by atoms with van der Waals surface area (Å²) < 4.78 is 0. The Bertz CT molecular complexity index is 914. The Kier molecular flexibility index (Phi) is 3.74. The van der Waals surface area contributed by atoms with Crippen LogP contribution in [0.4, 0.5) is 5.69 Å². The molecule has 3 aromatic rings. The molecule has 3 heterocycles. The van der Waals surface area contributed by atoms with E-state index in [1.165, 1.54) is 0 Å². The summed E-state index contributed by atoms with van der Waals surface area (Å²) in [6, 6.07) is 11.4. The highest BCUT2D eigenvalue weighted by Crippen LogP contribution is 2.21. The first-order valence-electron chi connectivity index (χ1n) is 8.10. The van der Waals surface area contributed by atoms with Crippen molar-refractivity contribution in [3.63, 3.8) is 0 Å². The number of benzene rings is 1. The number of anilines is 1. The number of pyridine rings is 1. The number of hydrogen-bond acceptors (Lipinski definition) is 5. The van der Waals surface area contributed by atoms with Gasteiger partial charge in [0.15, 0.2) is 5.82 Å². The second-order valence-corrected chi connectivity index (χ2v) is 6.12. The van der Waals surface area contributed by atoms with Crippen molar-refractivity contribution in [3.05, 3.63) is 52.9 Å². The standard InChI is InChI=1S/C18H19N5O/c1-22-8-10-23(11-9-22)13-5-6-14-16(12-13)20-17(21-18(14)24)15-4-2-3-7-19-15/h2-7,12H,8-11H2,1H3,(H,20,21,24). The van der Waals surface area contributed by atoms with E-state index in [-0.39, 0.29) is 5.56 Å². The Labute approximate surface area is 139 Å². The molecule has 0 aliphatic carbocycles. The molecule has 0 radical (unpaired) electrons. The fraction of sp³-hybridized carbons (Fsp3) is 0.278. The van der Waals surface area contributed by atoms with Crippen LogP contribution in [0.15, 0.2) is 47.4 Å². The Morgan fingerprint density at radius 3 is 2.67 bits per heavy atom. The Morgan fingerprint density at radius 2 is 1.92 bits per heavy atom. The molecule has 0 saturated carbocycles. The predicted molar refractivity (Wildman–Crippen MR) is 95.3 cm³/mol. The van der Waals surface area contributed by atoms with E-state index >= 15 is 0 Å². The minimum Gasteiger partial charge on any atom is -0.369 e. The van der Waals surface area contributed by atoms with Crippen LogP contribution in [0.3, 0.4) is 0 Å². The van der Waals surface area contributed by atoms with E-state index in [1.807, 2.05) is 36.4 Å². The zero-order valence-corrected chi connectivity index (χ0v) is 13.6. The monoisotopic (exact) mass is 321 g/mol. The van der Waals surface area contributed by atoms with E-state index in [0.717, 1.165) is 31.9 Å². The number of nitrogens with zero attached hydrogens (tertiary/aromatic N) is 4. The molecule has 0 unspecified atom stereocenters. The summed E-state index contributed by atoms with van der Waals surface area (Å²) in [5.74, 6) is 0.503. The molecule has 1 aliphatic rings. The van der Waals surface area contributed by atoms with Crippen molar-refractivity contribution < 1.29 is 0 Å². The zero-order chi connectivity index (χ0) is 16.5. The van der Waals surface area contributed by atoms with Crippen LogP contribution in [0.2, 0.25) is 0 Å². The number of aromatic amines is 1. The molecule has 4 rings (SSSR count). The molecule has 1 aromatic carbocycles. The van der Waals surface area contributed by atoms with E-state index in [2.05, 4.69) is 31.8 Å². The summed E-state index contributed by atoms with van der Waals surface area (Å²) in [5.41, 5.74) is 2.35. The smallest absolute Gasteiger partial charge is 0.259 e. The second-order valence-electron chi connectivity index (χ2n) is 6.12. The lowest BCUT2D eigenvalue weighted by atomic mass is 10.2. The predicted octanol–water partition coefficient (Wildman–Crippen LogP) is 1.74. The molecule has 0 amide bonds. The first kappa shape index (κ1) is 14.8. The highest BCUT2D eigenvalue weighted by Gasteiger charge is 2.15. The van der Waals surface area contributed by atoms with Gasteiger partial charge in [-0.25, -0.2) is 4.98 Å². The number of H-pyrrole nitrogens is 1. The minimum absolute atomic E-state index is 0.134. The van der Waals surface area contributed by atoms with Gasteiger partial charge in [-0.05, 0) is 37.4 Å². The topological polar surface area (TPSA) is 65.1 Å². The summed E-state index contributed by atoms with van der Waals surface area (Å²) in [4.78, 5) is 28.7. The molecule has 122 valence electrons. The van der Waals surface area contributed by atoms with Gasteiger partial charge in [0.05, 0.1) is 10.9 Å². The van der Waals surface area contributed by atoms with Gasteiger partial charge in [-0.2, -0.15) is 0 Å². The zero-order valence-electron chi connectivity index (χ0n) is 13.6. The maximum atomic E-state index is 12.4. The SMILES string of the molecule is CN1CCN(c2ccc3c(=O)[nH]c(-c4ccccn4)nc3c2)CC1. The van der Waals surface area contributed by atoms with Gasteiger partial charge in [0, 0.05) is 38.1 Å². The van der Waals surface area contributed by atoms with Crippen molar-refractivity contribution in [1.29, 1.82) is 0 Å². The average Bonchev–Trinajstić information content (AvgIpc) is 2.62. The van der Waals surface area contributed by atoms with Gasteiger partial charge in [0.2, 0.25) is 0 Å². The summed E-state index contributed by atoms with van der Waals surface area (Å²) in [7, 11) is 2.14. The summed E-state index contributed by atoms with van der Waals surface area (Å²) in [6.45, 7) is 4.05. The molecule has 0 atom stereocenters. The number of fused-ring (bicyclic) bond motifs is 1. The minimum atomic E-state index is -0.134. The Balaban J connectivity index is 1.76. The Hall–Kier alpha value is -2.73. The van der Waals surface area contributed by atoms with E-state index < -0.39 is 0 Å². The van der Waals surface area contributed by atoms with Crippen LogP contribution < -0.4 is 10.5 Å². The average molecular weight is 321 g/mol. The van der Waals surface area contributed by atoms with Crippen LogP contribution in [0.25, 0.3) is 22.4 Å². The number of aromatic nitrogens is 3. The highest BCUT2D eigenvalue weighted by atomic mass is 16.1. The second kappa shape index (κ2) is 6.05. The molecule has 6 heteroatoms. The molecule has 1 aliphatic heterocycles. The van der Waals surface area contributed by atoms with Gasteiger partial charge >= 0.3 is 0 Å². The first-order chi connectivity index (χ1) is 11.7. The molecule has 24 heavy (non-hydrogen) atoms. The maximum absolute atomic E-state index is 12.4. The summed E-state index contributed by atoms with van der Waals surface area (Å²) in [6.07, 6.45) is 1.69. The number of rotatable bonds is 2. The molecule has 6 nitrogen and oxygen atoms in total. The number of hydrogen-bond donors (Lipinski definition) is 1. The third kappa shape index (κ3) is 2.76. The van der Waals surface area contributed by atoms with Crippen molar-refractivity contribution in [2.24, 2.45) is 0 Å². The van der Waals surface area contributed by atoms with E-state index in [0.29, 0.717) is 22.4 Å². The third-order valence-electron chi connectivity index (χ3n) is 4.47. The highest BCUT2D eigenvalue weighted by molar-refractivity contribution is 5.83. The lowest BCUT2D eigenvalue weighted by molar-refractivity contribution is 0.313. The molecule has 1 N–H and O–H groups in total. The molecule has 1 fully saturated rings. The van der Waals surface area contributed by atoms with Gasteiger partial charge in [-0.15, -0.1) is 0 Å². The van der Waals surface area contributed by atoms with Crippen LogP contribution in [0.1, 0.15) is 0 Å². The molecule has 0 spiro atoms. The maximum Gasteiger partial charge on any atom is 0.259 e. The van der Waals surface area contributed by atoms with Crippen LogP contribution in [-0.2, 0) is 0 Å². The molecular weight excluding hydrogens is 302 g/mol. The van der Waals surface area contributed by atoms with Crippen LogP contribution in [0.5, 0.6) is 0 Å². The van der Waals surface area contributed by atoms with Gasteiger partial charge in [0.25, 0.3) is 5.56 Å². The van der Waals surface area contributed by atoms with Crippen molar-refractivity contribution in [3.8, 4) is 11.5 Å². The molecule has 2 aromatic heterocycles. The van der Waals surface area contributed by atoms with Crippen molar-refractivity contribution >= 4 is 16.6 Å². The van der Waals surface area contributed by atoms with Gasteiger partial charge in [-0.3, -0.25) is 9.78 Å². The van der Waals surface area contributed by atoms with Crippen molar-refractivity contribution in [2.75, 3.05) is 38.1 Å². The quantitative estimate of drug-likeness (QED) is 0.779. The first-order valence-corrected chi connectivity index (χ1v) is 8.10. The van der Waals surface area contributed by atoms with Crippen molar-refractivity contribution in [2.45, 2.75) is 0 Å². The largest absolute Gasteiger partial charge is 0.369 e. The van der Waals surface area contributed by atoms with Gasteiger partial charge in [-0.1, -0.05) is 6.07 Å².